The van der Waals surface area contributed by atoms with Crippen LogP contribution in [0.15, 0.2) is 4.99 Å². The lowest BCUT2D eigenvalue weighted by Crippen LogP contribution is -1.77. The highest BCUT2D eigenvalue weighted by Crippen LogP contribution is 2.19. The molecule has 0 spiro atoms. The Morgan fingerprint density at radius 2 is 2.56 bits per heavy atom. The summed E-state index contributed by atoms with van der Waals surface area (Å²) in [6.45, 7) is 0. The van der Waals surface area contributed by atoms with Crippen molar-refractivity contribution in [3.8, 4) is 0 Å². The van der Waals surface area contributed by atoms with E-state index in [1.807, 2.05) is 0 Å². The minimum atomic E-state index is 0.148. The lowest BCUT2D eigenvalue weighted by molar-refractivity contribution is 0.565. The molecular weight excluding hydrogens is 140 g/mol. The Balaban J connectivity index is 3.07. The zero-order chi connectivity index (χ0) is 6.69. The standard InChI is InChI=1S/C3H2N4OS/c4-2-3(5-1-8)6-7-9-2/h4H2. The molecule has 2 N–H and O–H groups in total. The lowest BCUT2D eigenvalue weighted by atomic mass is 10.7. The Hall–Kier alpha value is -1.26. The molecule has 0 unspecified atom stereocenters. The third kappa shape index (κ3) is 1.10. The van der Waals surface area contributed by atoms with Crippen molar-refractivity contribution >= 4 is 28.4 Å². The van der Waals surface area contributed by atoms with Crippen molar-refractivity contribution in [3.63, 3.8) is 0 Å². The molecule has 1 aromatic heterocycles. The van der Waals surface area contributed by atoms with E-state index in [4.69, 9.17) is 5.73 Å². The predicted octanol–water partition coefficient (Wildman–Crippen LogP) is 0.0876. The van der Waals surface area contributed by atoms with Crippen molar-refractivity contribution in [1.29, 1.82) is 0 Å². The number of isocyanates is 1. The van der Waals surface area contributed by atoms with Gasteiger partial charge in [-0.25, -0.2) is 4.79 Å². The van der Waals surface area contributed by atoms with Crippen LogP contribution < -0.4 is 5.73 Å². The molecule has 0 amide bonds. The van der Waals surface area contributed by atoms with Gasteiger partial charge in [0.25, 0.3) is 0 Å². The molecule has 1 heterocycles. The molecule has 0 saturated carbocycles. The first-order valence-corrected chi connectivity index (χ1v) is 2.77. The maximum atomic E-state index is 9.61. The van der Waals surface area contributed by atoms with Crippen LogP contribution in [-0.2, 0) is 4.79 Å². The molecule has 0 atom stereocenters. The molecule has 1 aromatic rings. The summed E-state index contributed by atoms with van der Waals surface area (Å²) in [6.07, 6.45) is 1.31. The number of aromatic nitrogens is 2. The number of hydrogen-bond acceptors (Lipinski definition) is 6. The molecule has 0 radical (unpaired) electrons. The predicted molar refractivity (Wildman–Crippen MR) is 32.1 cm³/mol. The molecule has 0 aliphatic heterocycles. The first-order valence-electron chi connectivity index (χ1n) is 2.00. The Bertz CT molecular complexity index is 250. The van der Waals surface area contributed by atoms with Crippen LogP contribution in [0.25, 0.3) is 0 Å². The van der Waals surface area contributed by atoms with Gasteiger partial charge < -0.3 is 5.73 Å². The third-order valence-electron chi connectivity index (χ3n) is 0.647. The Morgan fingerprint density at radius 1 is 1.78 bits per heavy atom. The average molecular weight is 142 g/mol. The fraction of sp³-hybridized carbons (Fsp3) is 0. The Kier molecular flexibility index (Phi) is 1.53. The number of aliphatic imine (C=N–C) groups is 1. The minimum absolute atomic E-state index is 0.148. The summed E-state index contributed by atoms with van der Waals surface area (Å²) < 4.78 is 3.43. The lowest BCUT2D eigenvalue weighted by Gasteiger charge is -1.76. The fourth-order valence-electron chi connectivity index (χ4n) is 0.314. The van der Waals surface area contributed by atoms with Gasteiger partial charge in [0, 0.05) is 11.5 Å². The molecule has 5 nitrogen and oxygen atoms in total. The van der Waals surface area contributed by atoms with Crippen molar-refractivity contribution in [2.75, 3.05) is 5.73 Å². The SMILES string of the molecule is Nc1snnc1N=C=O. The highest BCUT2D eigenvalue weighted by atomic mass is 32.1. The average Bonchev–Trinajstić information content (AvgIpc) is 2.18. The maximum absolute atomic E-state index is 9.61. The Labute approximate surface area is 54.4 Å². The van der Waals surface area contributed by atoms with E-state index in [2.05, 4.69) is 14.6 Å². The van der Waals surface area contributed by atoms with Crippen LogP contribution in [-0.4, -0.2) is 15.7 Å². The van der Waals surface area contributed by atoms with Gasteiger partial charge in [-0.15, -0.1) is 10.1 Å². The van der Waals surface area contributed by atoms with E-state index >= 15 is 0 Å². The number of anilines is 1. The number of carbonyl (C=O) groups excluding carboxylic acids is 1. The van der Waals surface area contributed by atoms with Crippen molar-refractivity contribution in [1.82, 2.24) is 9.59 Å². The molecule has 1 rings (SSSR count). The molecule has 0 fully saturated rings. The second-order valence-electron chi connectivity index (χ2n) is 1.16. The van der Waals surface area contributed by atoms with Gasteiger partial charge in [0.1, 0.15) is 0 Å². The van der Waals surface area contributed by atoms with Crippen molar-refractivity contribution in [3.05, 3.63) is 0 Å². The zero-order valence-electron chi connectivity index (χ0n) is 4.24. The molecule has 0 bridgehead atoms. The van der Waals surface area contributed by atoms with Crippen LogP contribution >= 0.6 is 11.5 Å². The summed E-state index contributed by atoms with van der Waals surface area (Å²) in [6, 6.07) is 0. The van der Waals surface area contributed by atoms with Crippen LogP contribution in [0.5, 0.6) is 0 Å². The van der Waals surface area contributed by atoms with Crippen molar-refractivity contribution in [2.45, 2.75) is 0 Å². The largest absolute Gasteiger partial charge is 0.386 e. The topological polar surface area (TPSA) is 81.2 Å². The van der Waals surface area contributed by atoms with Gasteiger partial charge >= 0.3 is 0 Å². The third-order valence-corrected chi connectivity index (χ3v) is 1.19. The van der Waals surface area contributed by atoms with Crippen LogP contribution in [0.1, 0.15) is 0 Å². The second-order valence-corrected chi connectivity index (χ2v) is 1.95. The highest BCUT2D eigenvalue weighted by molar-refractivity contribution is 7.10. The molecule has 6 heteroatoms. The van der Waals surface area contributed by atoms with E-state index in [1.54, 1.807) is 0 Å². The number of nitrogens with zero attached hydrogens (tertiary/aromatic N) is 3. The summed E-state index contributed by atoms with van der Waals surface area (Å²) in [4.78, 5) is 12.8. The summed E-state index contributed by atoms with van der Waals surface area (Å²) in [7, 11) is 0. The molecule has 9 heavy (non-hydrogen) atoms. The first-order chi connectivity index (χ1) is 4.34. The van der Waals surface area contributed by atoms with E-state index < -0.39 is 0 Å². The van der Waals surface area contributed by atoms with Crippen LogP contribution in [0.3, 0.4) is 0 Å². The van der Waals surface area contributed by atoms with E-state index in [1.165, 1.54) is 6.08 Å². The molecule has 46 valence electrons. The zero-order valence-corrected chi connectivity index (χ0v) is 5.05. The van der Waals surface area contributed by atoms with Crippen LogP contribution in [0.2, 0.25) is 0 Å². The highest BCUT2D eigenvalue weighted by Gasteiger charge is 1.98. The van der Waals surface area contributed by atoms with Gasteiger partial charge in [-0.1, -0.05) is 4.49 Å². The van der Waals surface area contributed by atoms with Gasteiger partial charge in [-0.3, -0.25) is 0 Å². The summed E-state index contributed by atoms with van der Waals surface area (Å²) in [5.74, 6) is 0.148. The summed E-state index contributed by atoms with van der Waals surface area (Å²) in [5, 5.41) is 3.75. The van der Waals surface area contributed by atoms with Crippen LogP contribution in [0, 0.1) is 0 Å². The Morgan fingerprint density at radius 3 is 3.00 bits per heavy atom. The van der Waals surface area contributed by atoms with E-state index in [0.29, 0.717) is 5.00 Å². The van der Waals surface area contributed by atoms with Gasteiger partial charge in [-0.05, 0) is 0 Å². The van der Waals surface area contributed by atoms with Gasteiger partial charge in [0.2, 0.25) is 11.9 Å². The molecule has 0 aromatic carbocycles. The van der Waals surface area contributed by atoms with Crippen LogP contribution in [0.4, 0.5) is 10.8 Å². The molecule has 0 saturated heterocycles. The molecule has 0 aliphatic carbocycles. The van der Waals surface area contributed by atoms with E-state index in [0.717, 1.165) is 11.5 Å². The smallest absolute Gasteiger partial charge is 0.242 e. The van der Waals surface area contributed by atoms with Crippen molar-refractivity contribution < 1.29 is 4.79 Å². The summed E-state index contributed by atoms with van der Waals surface area (Å²) in [5.41, 5.74) is 5.25. The molecule has 0 aliphatic rings. The number of nitrogen functional groups attached to an aromatic ring is 1. The monoisotopic (exact) mass is 142 g/mol. The van der Waals surface area contributed by atoms with E-state index in [9.17, 15) is 4.79 Å². The summed E-state index contributed by atoms with van der Waals surface area (Å²) >= 11 is 0.988. The van der Waals surface area contributed by atoms with E-state index in [-0.39, 0.29) is 5.82 Å². The van der Waals surface area contributed by atoms with Gasteiger partial charge in [-0.2, -0.15) is 0 Å². The molecular formula is C3H2N4OS. The number of rotatable bonds is 1. The quantitative estimate of drug-likeness (QED) is 0.445. The fourth-order valence-corrected chi connectivity index (χ4v) is 0.688. The number of hydrogen-bond donors (Lipinski definition) is 1. The number of nitrogens with two attached hydrogens (primary N) is 1. The van der Waals surface area contributed by atoms with Gasteiger partial charge in [0.15, 0.2) is 5.00 Å². The minimum Gasteiger partial charge on any atom is -0.386 e. The first kappa shape index (κ1) is 5.87. The normalized spacial score (nSPS) is 8.44. The maximum Gasteiger partial charge on any atom is 0.242 e. The van der Waals surface area contributed by atoms with Crippen molar-refractivity contribution in [2.24, 2.45) is 4.99 Å². The van der Waals surface area contributed by atoms with Gasteiger partial charge in [0.05, 0.1) is 0 Å². The second kappa shape index (κ2) is 2.34.